The molecule has 1 aliphatic rings. The predicted molar refractivity (Wildman–Crippen MR) is 64.4 cm³/mol. The van der Waals surface area contributed by atoms with Gasteiger partial charge in [0, 0.05) is 19.1 Å². The molecule has 1 aliphatic heterocycles. The number of hydrogen-bond donors (Lipinski definition) is 0. The molecule has 0 N–H and O–H groups in total. The van der Waals surface area contributed by atoms with E-state index in [2.05, 4.69) is 39.7 Å². The summed E-state index contributed by atoms with van der Waals surface area (Å²) in [5, 5.41) is 0. The molecule has 4 nitrogen and oxygen atoms in total. The van der Waals surface area contributed by atoms with E-state index in [4.69, 9.17) is 9.15 Å². The summed E-state index contributed by atoms with van der Waals surface area (Å²) in [6, 6.07) is 0.572. The van der Waals surface area contributed by atoms with Crippen LogP contribution in [-0.2, 0) is 11.2 Å². The van der Waals surface area contributed by atoms with Crippen molar-refractivity contribution in [1.29, 1.82) is 0 Å². The summed E-state index contributed by atoms with van der Waals surface area (Å²) in [6.07, 6.45) is 2.62. The molecule has 0 amide bonds. The number of morpholine rings is 1. The summed E-state index contributed by atoms with van der Waals surface area (Å²) >= 11 is 3.25. The average Bonchev–Trinajstić information content (AvgIpc) is 2.64. The monoisotopic (exact) mass is 288 g/mol. The fourth-order valence-electron chi connectivity index (χ4n) is 1.91. The third kappa shape index (κ3) is 3.06. The highest BCUT2D eigenvalue weighted by Crippen LogP contribution is 2.16. The second-order valence-corrected chi connectivity index (χ2v) is 5.13. The number of nitrogens with zero attached hydrogens (tertiary/aromatic N) is 2. The molecule has 90 valence electrons. The molecule has 1 unspecified atom stereocenters. The number of oxazole rings is 1. The van der Waals surface area contributed by atoms with Gasteiger partial charge < -0.3 is 9.15 Å². The molecule has 1 aromatic heterocycles. The van der Waals surface area contributed by atoms with E-state index in [1.165, 1.54) is 0 Å². The highest BCUT2D eigenvalue weighted by atomic mass is 79.9. The van der Waals surface area contributed by atoms with Crippen LogP contribution in [0.15, 0.2) is 15.3 Å². The second kappa shape index (κ2) is 5.29. The number of hydrogen-bond acceptors (Lipinski definition) is 4. The van der Waals surface area contributed by atoms with Gasteiger partial charge in [-0.3, -0.25) is 4.90 Å². The summed E-state index contributed by atoms with van der Waals surface area (Å²) in [4.78, 5) is 6.59. The Morgan fingerprint density at radius 1 is 1.62 bits per heavy atom. The van der Waals surface area contributed by atoms with Crippen LogP contribution < -0.4 is 0 Å². The van der Waals surface area contributed by atoms with Crippen LogP contribution in [0.3, 0.4) is 0 Å². The quantitative estimate of drug-likeness (QED) is 0.854. The average molecular weight is 289 g/mol. The lowest BCUT2D eigenvalue weighted by atomic mass is 10.2. The van der Waals surface area contributed by atoms with Crippen LogP contribution in [0.4, 0.5) is 0 Å². The van der Waals surface area contributed by atoms with E-state index in [-0.39, 0.29) is 6.10 Å². The van der Waals surface area contributed by atoms with Crippen LogP contribution in [0.5, 0.6) is 0 Å². The second-order valence-electron chi connectivity index (χ2n) is 4.34. The van der Waals surface area contributed by atoms with Gasteiger partial charge in [0.2, 0.25) is 0 Å². The maximum Gasteiger partial charge on any atom is 0.198 e. The first-order valence-electron chi connectivity index (χ1n) is 5.61. The fourth-order valence-corrected chi connectivity index (χ4v) is 2.20. The van der Waals surface area contributed by atoms with Crippen molar-refractivity contribution in [2.24, 2.45) is 0 Å². The van der Waals surface area contributed by atoms with Crippen molar-refractivity contribution in [1.82, 2.24) is 9.88 Å². The molecule has 1 atom stereocenters. The lowest BCUT2D eigenvalue weighted by molar-refractivity contribution is -0.0402. The molecule has 5 heteroatoms. The molecule has 0 spiro atoms. The third-order valence-electron chi connectivity index (χ3n) is 2.83. The zero-order valence-electron chi connectivity index (χ0n) is 9.65. The Balaban J connectivity index is 1.90. The van der Waals surface area contributed by atoms with Crippen molar-refractivity contribution in [2.75, 3.05) is 19.7 Å². The normalized spacial score (nSPS) is 22.9. The number of aromatic nitrogens is 1. The summed E-state index contributed by atoms with van der Waals surface area (Å²) < 4.78 is 11.8. The molecule has 0 radical (unpaired) electrons. The summed E-state index contributed by atoms with van der Waals surface area (Å²) in [6.45, 7) is 7.19. The Kier molecular flexibility index (Phi) is 4.00. The smallest absolute Gasteiger partial charge is 0.198 e. The standard InChI is InChI=1S/C11H17BrN2O2/c1-8(2)14-3-4-15-9(7-14)5-11-13-6-10(12)16-11/h6,8-9H,3-5,7H2,1-2H3. The lowest BCUT2D eigenvalue weighted by Crippen LogP contribution is -2.46. The minimum absolute atomic E-state index is 0.196. The Morgan fingerprint density at radius 3 is 3.06 bits per heavy atom. The van der Waals surface area contributed by atoms with Gasteiger partial charge in [0.1, 0.15) is 0 Å². The zero-order chi connectivity index (χ0) is 11.5. The fraction of sp³-hybridized carbons (Fsp3) is 0.727. The molecule has 0 aromatic carbocycles. The van der Waals surface area contributed by atoms with Crippen molar-refractivity contribution in [3.05, 3.63) is 16.8 Å². The molecule has 0 saturated carbocycles. The Hall–Kier alpha value is -0.390. The van der Waals surface area contributed by atoms with E-state index < -0.39 is 0 Å². The summed E-state index contributed by atoms with van der Waals surface area (Å²) in [5.74, 6) is 0.738. The van der Waals surface area contributed by atoms with Crippen molar-refractivity contribution >= 4 is 15.9 Å². The van der Waals surface area contributed by atoms with Gasteiger partial charge in [-0.25, -0.2) is 4.98 Å². The molecule has 0 bridgehead atoms. The maximum absolute atomic E-state index is 5.71. The molecular formula is C11H17BrN2O2. The van der Waals surface area contributed by atoms with Gasteiger partial charge in [-0.2, -0.15) is 0 Å². The molecule has 2 heterocycles. The molecule has 16 heavy (non-hydrogen) atoms. The topological polar surface area (TPSA) is 38.5 Å². The van der Waals surface area contributed by atoms with E-state index in [1.807, 2.05) is 0 Å². The van der Waals surface area contributed by atoms with Gasteiger partial charge in [-0.05, 0) is 29.8 Å². The Morgan fingerprint density at radius 2 is 2.44 bits per heavy atom. The van der Waals surface area contributed by atoms with Crippen LogP contribution >= 0.6 is 15.9 Å². The van der Waals surface area contributed by atoms with E-state index in [0.29, 0.717) is 10.7 Å². The van der Waals surface area contributed by atoms with Crippen molar-refractivity contribution in [3.8, 4) is 0 Å². The maximum atomic E-state index is 5.71. The molecule has 0 aliphatic carbocycles. The van der Waals surface area contributed by atoms with E-state index in [1.54, 1.807) is 6.20 Å². The van der Waals surface area contributed by atoms with Gasteiger partial charge in [-0.1, -0.05) is 0 Å². The van der Waals surface area contributed by atoms with Crippen LogP contribution in [0.2, 0.25) is 0 Å². The van der Waals surface area contributed by atoms with Gasteiger partial charge in [0.05, 0.1) is 25.3 Å². The molecule has 1 saturated heterocycles. The third-order valence-corrected chi connectivity index (χ3v) is 3.19. The van der Waals surface area contributed by atoms with Crippen molar-refractivity contribution in [2.45, 2.75) is 32.4 Å². The van der Waals surface area contributed by atoms with Gasteiger partial charge >= 0.3 is 0 Å². The summed E-state index contributed by atoms with van der Waals surface area (Å²) in [5.41, 5.74) is 0. The van der Waals surface area contributed by atoms with Crippen LogP contribution in [0.1, 0.15) is 19.7 Å². The number of rotatable bonds is 3. The van der Waals surface area contributed by atoms with E-state index in [0.717, 1.165) is 32.0 Å². The van der Waals surface area contributed by atoms with Crippen molar-refractivity contribution in [3.63, 3.8) is 0 Å². The first-order valence-corrected chi connectivity index (χ1v) is 6.40. The highest BCUT2D eigenvalue weighted by molar-refractivity contribution is 9.10. The predicted octanol–water partition coefficient (Wildman–Crippen LogP) is 2.09. The summed E-state index contributed by atoms with van der Waals surface area (Å²) in [7, 11) is 0. The number of halogens is 1. The molecule has 1 fully saturated rings. The van der Waals surface area contributed by atoms with Gasteiger partial charge in [0.25, 0.3) is 0 Å². The highest BCUT2D eigenvalue weighted by Gasteiger charge is 2.23. The first-order chi connectivity index (χ1) is 7.65. The molecule has 1 aromatic rings. The first kappa shape index (κ1) is 12.1. The Bertz CT molecular complexity index is 340. The minimum atomic E-state index is 0.196. The number of ether oxygens (including phenoxy) is 1. The van der Waals surface area contributed by atoms with Crippen molar-refractivity contribution < 1.29 is 9.15 Å². The van der Waals surface area contributed by atoms with Gasteiger partial charge in [0.15, 0.2) is 10.6 Å². The SMILES string of the molecule is CC(C)N1CCOC(Cc2ncc(Br)o2)C1. The largest absolute Gasteiger partial charge is 0.434 e. The van der Waals surface area contributed by atoms with E-state index >= 15 is 0 Å². The van der Waals surface area contributed by atoms with Crippen LogP contribution in [0.25, 0.3) is 0 Å². The van der Waals surface area contributed by atoms with E-state index in [9.17, 15) is 0 Å². The van der Waals surface area contributed by atoms with Gasteiger partial charge in [-0.15, -0.1) is 0 Å². The Labute approximate surface area is 104 Å². The lowest BCUT2D eigenvalue weighted by Gasteiger charge is -2.35. The zero-order valence-corrected chi connectivity index (χ0v) is 11.2. The molecular weight excluding hydrogens is 272 g/mol. The molecule has 2 rings (SSSR count). The van der Waals surface area contributed by atoms with Crippen LogP contribution in [-0.4, -0.2) is 41.7 Å². The van der Waals surface area contributed by atoms with Crippen LogP contribution in [0, 0.1) is 0 Å². The minimum Gasteiger partial charge on any atom is -0.434 e.